The predicted molar refractivity (Wildman–Crippen MR) is 80.5 cm³/mol. The molecule has 1 heterocycles. The van der Waals surface area contributed by atoms with Crippen LogP contribution in [0.3, 0.4) is 0 Å². The molecule has 6 nitrogen and oxygen atoms in total. The maximum atomic E-state index is 12.6. The number of rotatable bonds is 4. The quantitative estimate of drug-likeness (QED) is 0.710. The van der Waals surface area contributed by atoms with Crippen molar-refractivity contribution < 1.29 is 18.3 Å². The first-order valence-electron chi connectivity index (χ1n) is 6.89. The first-order valence-corrected chi connectivity index (χ1v) is 8.37. The monoisotopic (exact) mass is 314 g/mol. The zero-order valence-corrected chi connectivity index (χ0v) is 13.2. The van der Waals surface area contributed by atoms with Crippen LogP contribution >= 0.6 is 0 Å². The summed E-state index contributed by atoms with van der Waals surface area (Å²) in [5.41, 5.74) is 7.00. The van der Waals surface area contributed by atoms with Gasteiger partial charge in [0, 0.05) is 13.2 Å². The SMILES string of the molecule is Cc1cc(N)c(S(=O)(=O)NC2(CO)CCOCC2)cc1C. The van der Waals surface area contributed by atoms with Crippen LogP contribution in [-0.2, 0) is 14.8 Å². The molecular weight excluding hydrogens is 292 g/mol. The number of aliphatic hydroxyl groups is 1. The summed E-state index contributed by atoms with van der Waals surface area (Å²) in [7, 11) is -3.79. The molecule has 1 aromatic carbocycles. The average molecular weight is 314 g/mol. The fraction of sp³-hybridized carbons (Fsp3) is 0.571. The second kappa shape index (κ2) is 5.92. The third-order valence-electron chi connectivity index (χ3n) is 4.02. The number of hydrogen-bond acceptors (Lipinski definition) is 5. The number of hydrogen-bond donors (Lipinski definition) is 3. The highest BCUT2D eigenvalue weighted by atomic mass is 32.2. The summed E-state index contributed by atoms with van der Waals surface area (Å²) in [4.78, 5) is 0.0601. The molecule has 0 aromatic heterocycles. The maximum absolute atomic E-state index is 12.6. The third-order valence-corrected chi connectivity index (χ3v) is 5.65. The van der Waals surface area contributed by atoms with Crippen molar-refractivity contribution in [2.24, 2.45) is 0 Å². The lowest BCUT2D eigenvalue weighted by atomic mass is 9.93. The molecule has 1 fully saturated rings. The fourth-order valence-corrected chi connectivity index (χ4v) is 4.09. The van der Waals surface area contributed by atoms with Crippen LogP contribution in [-0.4, -0.2) is 38.9 Å². The van der Waals surface area contributed by atoms with E-state index in [1.54, 1.807) is 12.1 Å². The van der Waals surface area contributed by atoms with Gasteiger partial charge in [0.1, 0.15) is 4.90 Å². The molecule has 118 valence electrons. The van der Waals surface area contributed by atoms with Gasteiger partial charge in [-0.2, -0.15) is 0 Å². The van der Waals surface area contributed by atoms with Crippen molar-refractivity contribution in [1.29, 1.82) is 0 Å². The highest BCUT2D eigenvalue weighted by molar-refractivity contribution is 7.89. The van der Waals surface area contributed by atoms with E-state index in [0.29, 0.717) is 26.1 Å². The summed E-state index contributed by atoms with van der Waals surface area (Å²) in [5, 5.41) is 9.61. The minimum Gasteiger partial charge on any atom is -0.398 e. The maximum Gasteiger partial charge on any atom is 0.243 e. The Balaban J connectivity index is 2.36. The molecule has 4 N–H and O–H groups in total. The first kappa shape index (κ1) is 16.2. The molecule has 1 aliphatic heterocycles. The van der Waals surface area contributed by atoms with Gasteiger partial charge in [-0.15, -0.1) is 0 Å². The molecular formula is C14H22N2O4S. The van der Waals surface area contributed by atoms with Crippen molar-refractivity contribution in [2.75, 3.05) is 25.6 Å². The van der Waals surface area contributed by atoms with E-state index in [-0.39, 0.29) is 17.2 Å². The van der Waals surface area contributed by atoms with Gasteiger partial charge in [-0.1, -0.05) is 0 Å². The molecule has 0 bridgehead atoms. The van der Waals surface area contributed by atoms with Crippen LogP contribution in [0.25, 0.3) is 0 Å². The van der Waals surface area contributed by atoms with E-state index in [1.165, 1.54) is 0 Å². The molecule has 2 rings (SSSR count). The average Bonchev–Trinajstić information content (AvgIpc) is 2.43. The predicted octanol–water partition coefficient (Wildman–Crippen LogP) is 0.705. The highest BCUT2D eigenvalue weighted by Gasteiger charge is 2.37. The first-order chi connectivity index (χ1) is 9.80. The van der Waals surface area contributed by atoms with Crippen LogP contribution in [0.2, 0.25) is 0 Å². The van der Waals surface area contributed by atoms with Crippen LogP contribution in [0, 0.1) is 13.8 Å². The lowest BCUT2D eigenvalue weighted by molar-refractivity contribution is 0.0223. The summed E-state index contributed by atoms with van der Waals surface area (Å²) < 4.78 is 33.1. The van der Waals surface area contributed by atoms with Gasteiger partial charge in [0.2, 0.25) is 10.0 Å². The van der Waals surface area contributed by atoms with Crippen molar-refractivity contribution >= 4 is 15.7 Å². The van der Waals surface area contributed by atoms with Crippen LogP contribution < -0.4 is 10.5 Å². The number of nitrogen functional groups attached to an aromatic ring is 1. The van der Waals surface area contributed by atoms with Crippen molar-refractivity contribution in [3.05, 3.63) is 23.3 Å². The van der Waals surface area contributed by atoms with Crippen molar-refractivity contribution in [2.45, 2.75) is 37.1 Å². The summed E-state index contributed by atoms with van der Waals surface area (Å²) in [5.74, 6) is 0. The molecule has 7 heteroatoms. The van der Waals surface area contributed by atoms with Gasteiger partial charge in [0.25, 0.3) is 0 Å². The molecule has 0 amide bonds. The minimum atomic E-state index is -3.79. The van der Waals surface area contributed by atoms with Crippen LogP contribution in [0.5, 0.6) is 0 Å². The molecule has 1 saturated heterocycles. The highest BCUT2D eigenvalue weighted by Crippen LogP contribution is 2.27. The number of sulfonamides is 1. The van der Waals surface area contributed by atoms with E-state index in [9.17, 15) is 13.5 Å². The van der Waals surface area contributed by atoms with Gasteiger partial charge in [-0.25, -0.2) is 13.1 Å². The van der Waals surface area contributed by atoms with Gasteiger partial charge >= 0.3 is 0 Å². The minimum absolute atomic E-state index is 0.0601. The molecule has 0 aliphatic carbocycles. The number of nitrogens with one attached hydrogen (secondary N) is 1. The van der Waals surface area contributed by atoms with Gasteiger partial charge in [0.05, 0.1) is 17.8 Å². The topological polar surface area (TPSA) is 102 Å². The molecule has 1 aliphatic rings. The summed E-state index contributed by atoms with van der Waals surface area (Å²) in [6, 6.07) is 3.22. The molecule has 0 spiro atoms. The van der Waals surface area contributed by atoms with E-state index in [0.717, 1.165) is 11.1 Å². The lowest BCUT2D eigenvalue weighted by Crippen LogP contribution is -2.54. The number of nitrogens with two attached hydrogens (primary N) is 1. The van der Waals surface area contributed by atoms with E-state index in [4.69, 9.17) is 10.5 Å². The van der Waals surface area contributed by atoms with Gasteiger partial charge in [-0.3, -0.25) is 0 Å². The normalized spacial score (nSPS) is 18.6. The van der Waals surface area contributed by atoms with E-state index < -0.39 is 15.6 Å². The lowest BCUT2D eigenvalue weighted by Gasteiger charge is -2.36. The summed E-state index contributed by atoms with van der Waals surface area (Å²) in [6.07, 6.45) is 0.876. The molecule has 0 saturated carbocycles. The molecule has 0 radical (unpaired) electrons. The Bertz CT molecular complexity index is 622. The molecule has 0 unspecified atom stereocenters. The van der Waals surface area contributed by atoms with Crippen molar-refractivity contribution in [3.8, 4) is 0 Å². The Morgan fingerprint density at radius 3 is 2.43 bits per heavy atom. The van der Waals surface area contributed by atoms with Gasteiger partial charge < -0.3 is 15.6 Å². The molecule has 0 atom stereocenters. The Labute approximate surface area is 125 Å². The largest absolute Gasteiger partial charge is 0.398 e. The fourth-order valence-electron chi connectivity index (χ4n) is 2.44. The van der Waals surface area contributed by atoms with Crippen LogP contribution in [0.15, 0.2) is 17.0 Å². The standard InChI is InChI=1S/C14H22N2O4S/c1-10-7-12(15)13(8-11(10)2)21(18,19)16-14(9-17)3-5-20-6-4-14/h7-8,16-17H,3-6,9,15H2,1-2H3. The summed E-state index contributed by atoms with van der Waals surface area (Å²) in [6.45, 7) is 4.30. The summed E-state index contributed by atoms with van der Waals surface area (Å²) >= 11 is 0. The Kier molecular flexibility index (Phi) is 4.57. The molecule has 1 aromatic rings. The number of anilines is 1. The van der Waals surface area contributed by atoms with E-state index in [2.05, 4.69) is 4.72 Å². The second-order valence-electron chi connectivity index (χ2n) is 5.63. The zero-order valence-electron chi connectivity index (χ0n) is 12.3. The van der Waals surface area contributed by atoms with Gasteiger partial charge in [0.15, 0.2) is 0 Å². The number of aryl methyl sites for hydroxylation is 2. The van der Waals surface area contributed by atoms with E-state index >= 15 is 0 Å². The van der Waals surface area contributed by atoms with Crippen LogP contribution in [0.4, 0.5) is 5.69 Å². The second-order valence-corrected chi connectivity index (χ2v) is 7.28. The smallest absolute Gasteiger partial charge is 0.243 e. The Hall–Kier alpha value is -1.15. The number of ether oxygens (including phenoxy) is 1. The molecule has 21 heavy (non-hydrogen) atoms. The van der Waals surface area contributed by atoms with Gasteiger partial charge in [-0.05, 0) is 49.9 Å². The Morgan fingerprint density at radius 1 is 1.29 bits per heavy atom. The van der Waals surface area contributed by atoms with E-state index in [1.807, 2.05) is 13.8 Å². The number of aliphatic hydroxyl groups excluding tert-OH is 1. The zero-order chi connectivity index (χ0) is 15.7. The Morgan fingerprint density at radius 2 is 1.86 bits per heavy atom. The third kappa shape index (κ3) is 3.37. The number of benzene rings is 1. The van der Waals surface area contributed by atoms with Crippen molar-refractivity contribution in [3.63, 3.8) is 0 Å². The van der Waals surface area contributed by atoms with Crippen LogP contribution in [0.1, 0.15) is 24.0 Å². The van der Waals surface area contributed by atoms with Crippen molar-refractivity contribution in [1.82, 2.24) is 4.72 Å².